The third kappa shape index (κ3) is 3.55. The number of carbonyl (C=O) groups is 1. The zero-order chi connectivity index (χ0) is 17.1. The number of ether oxygens (including phenoxy) is 1. The van der Waals surface area contributed by atoms with Crippen LogP contribution < -0.4 is 10.1 Å². The topological polar surface area (TPSA) is 70.9 Å². The maximum Gasteiger partial charge on any atom is 0.264 e. The van der Waals surface area contributed by atoms with E-state index in [1.807, 2.05) is 12.1 Å². The van der Waals surface area contributed by atoms with Crippen molar-refractivity contribution in [3.05, 3.63) is 58.0 Å². The zero-order valence-corrected chi connectivity index (χ0v) is 14.2. The van der Waals surface area contributed by atoms with Gasteiger partial charge in [-0.25, -0.2) is 4.99 Å². The largest absolute Gasteiger partial charge is 0.504 e. The minimum absolute atomic E-state index is 0.0455. The molecule has 0 bridgehead atoms. The summed E-state index contributed by atoms with van der Waals surface area (Å²) in [5.41, 5.74) is 1.33. The summed E-state index contributed by atoms with van der Waals surface area (Å²) in [4.78, 5) is 16.9. The van der Waals surface area contributed by atoms with Crippen molar-refractivity contribution in [2.45, 2.75) is 0 Å². The van der Waals surface area contributed by atoms with Gasteiger partial charge in [-0.2, -0.15) is 0 Å². The molecule has 1 aliphatic heterocycles. The number of halogens is 1. The van der Waals surface area contributed by atoms with Gasteiger partial charge in [0.15, 0.2) is 16.7 Å². The van der Waals surface area contributed by atoms with E-state index in [0.717, 1.165) is 5.56 Å². The molecule has 2 N–H and O–H groups in total. The Morgan fingerprint density at radius 3 is 2.83 bits per heavy atom. The van der Waals surface area contributed by atoms with Gasteiger partial charge < -0.3 is 15.2 Å². The summed E-state index contributed by atoms with van der Waals surface area (Å²) in [6.07, 6.45) is 1.71. The lowest BCUT2D eigenvalue weighted by molar-refractivity contribution is -0.115. The zero-order valence-electron chi connectivity index (χ0n) is 12.6. The van der Waals surface area contributed by atoms with Crippen molar-refractivity contribution in [1.29, 1.82) is 0 Å². The number of nitrogens with zero attached hydrogens (tertiary/aromatic N) is 1. The van der Waals surface area contributed by atoms with Crippen molar-refractivity contribution in [3.8, 4) is 11.5 Å². The van der Waals surface area contributed by atoms with E-state index in [-0.39, 0.29) is 11.7 Å². The molecule has 0 atom stereocenters. The summed E-state index contributed by atoms with van der Waals surface area (Å²) >= 11 is 7.30. The molecule has 0 radical (unpaired) electrons. The van der Waals surface area contributed by atoms with E-state index >= 15 is 0 Å². The highest BCUT2D eigenvalue weighted by atomic mass is 35.5. The van der Waals surface area contributed by atoms with Gasteiger partial charge in [-0.1, -0.05) is 29.8 Å². The molecule has 24 heavy (non-hydrogen) atoms. The molecule has 1 aliphatic rings. The van der Waals surface area contributed by atoms with Crippen LogP contribution in [0.3, 0.4) is 0 Å². The Kier molecular flexibility index (Phi) is 4.78. The number of hydrogen-bond donors (Lipinski definition) is 2. The van der Waals surface area contributed by atoms with Gasteiger partial charge in [0, 0.05) is 0 Å². The normalized spacial score (nSPS) is 17.3. The van der Waals surface area contributed by atoms with Crippen molar-refractivity contribution in [2.24, 2.45) is 4.99 Å². The molecular weight excluding hydrogens is 348 g/mol. The van der Waals surface area contributed by atoms with E-state index in [1.165, 1.54) is 24.9 Å². The van der Waals surface area contributed by atoms with Gasteiger partial charge in [0.25, 0.3) is 5.91 Å². The lowest BCUT2D eigenvalue weighted by Gasteiger charge is -2.03. The molecule has 0 unspecified atom stereocenters. The number of phenolic OH excluding ortho intramolecular Hbond substituents is 1. The van der Waals surface area contributed by atoms with E-state index in [2.05, 4.69) is 10.3 Å². The van der Waals surface area contributed by atoms with Crippen LogP contribution in [-0.4, -0.2) is 23.3 Å². The first kappa shape index (κ1) is 16.4. The highest BCUT2D eigenvalue weighted by molar-refractivity contribution is 8.18. The fraction of sp³-hybridized carbons (Fsp3) is 0.0588. The molecular formula is C17H13ClN2O3S. The molecule has 2 aromatic carbocycles. The first-order chi connectivity index (χ1) is 11.6. The van der Waals surface area contributed by atoms with Crippen LogP contribution >= 0.6 is 23.4 Å². The number of aliphatic imine (C=N–C) groups is 1. The van der Waals surface area contributed by atoms with Crippen LogP contribution in [0.4, 0.5) is 5.69 Å². The smallest absolute Gasteiger partial charge is 0.264 e. The number of amides is 1. The monoisotopic (exact) mass is 360 g/mol. The second kappa shape index (κ2) is 6.98. The van der Waals surface area contributed by atoms with Crippen LogP contribution in [0.2, 0.25) is 5.02 Å². The number of amidine groups is 1. The van der Waals surface area contributed by atoms with Gasteiger partial charge >= 0.3 is 0 Å². The van der Waals surface area contributed by atoms with Gasteiger partial charge in [-0.15, -0.1) is 0 Å². The summed E-state index contributed by atoms with van der Waals surface area (Å²) in [6, 6.07) is 12.0. The maximum absolute atomic E-state index is 12.1. The van der Waals surface area contributed by atoms with Crippen LogP contribution in [0.25, 0.3) is 6.08 Å². The number of methoxy groups -OCH3 is 1. The summed E-state index contributed by atoms with van der Waals surface area (Å²) in [6.45, 7) is 0. The van der Waals surface area contributed by atoms with Gasteiger partial charge in [0.1, 0.15) is 0 Å². The number of carbonyl (C=O) groups excluding carboxylic acids is 1. The second-order valence-electron chi connectivity index (χ2n) is 4.86. The van der Waals surface area contributed by atoms with Crippen molar-refractivity contribution >= 4 is 46.2 Å². The number of hydrogen-bond acceptors (Lipinski definition) is 5. The first-order valence-electron chi connectivity index (χ1n) is 6.98. The molecule has 1 heterocycles. The number of nitrogens with one attached hydrogen (secondary N) is 1. The van der Waals surface area contributed by atoms with Gasteiger partial charge in [-0.05, 0) is 47.7 Å². The van der Waals surface area contributed by atoms with E-state index in [0.29, 0.717) is 26.5 Å². The molecule has 122 valence electrons. The third-order valence-corrected chi connectivity index (χ3v) is 4.46. The molecule has 0 saturated carbocycles. The maximum atomic E-state index is 12.1. The van der Waals surface area contributed by atoms with Crippen molar-refractivity contribution in [2.75, 3.05) is 7.11 Å². The van der Waals surface area contributed by atoms with E-state index < -0.39 is 0 Å². The lowest BCUT2D eigenvalue weighted by atomic mass is 10.2. The van der Waals surface area contributed by atoms with Crippen LogP contribution in [0.1, 0.15) is 5.56 Å². The molecule has 1 amide bonds. The Bertz CT molecular complexity index is 865. The van der Waals surface area contributed by atoms with E-state index in [9.17, 15) is 9.90 Å². The van der Waals surface area contributed by atoms with Crippen molar-refractivity contribution in [1.82, 2.24) is 5.32 Å². The molecule has 0 aromatic heterocycles. The van der Waals surface area contributed by atoms with E-state index in [1.54, 1.807) is 30.3 Å². The van der Waals surface area contributed by atoms with Crippen LogP contribution in [0.15, 0.2) is 52.4 Å². The fourth-order valence-electron chi connectivity index (χ4n) is 2.07. The number of rotatable bonds is 3. The average molecular weight is 361 g/mol. The molecule has 0 spiro atoms. The Hall–Kier alpha value is -2.44. The van der Waals surface area contributed by atoms with Gasteiger partial charge in [-0.3, -0.25) is 4.79 Å². The molecule has 5 nitrogen and oxygen atoms in total. The average Bonchev–Trinajstić information content (AvgIpc) is 2.91. The van der Waals surface area contributed by atoms with Crippen molar-refractivity contribution in [3.63, 3.8) is 0 Å². The molecule has 1 saturated heterocycles. The van der Waals surface area contributed by atoms with Crippen LogP contribution in [0, 0.1) is 0 Å². The van der Waals surface area contributed by atoms with Crippen LogP contribution in [-0.2, 0) is 4.79 Å². The second-order valence-corrected chi connectivity index (χ2v) is 6.30. The Morgan fingerprint density at radius 1 is 1.29 bits per heavy atom. The Labute approximate surface area is 148 Å². The molecule has 1 fully saturated rings. The first-order valence-corrected chi connectivity index (χ1v) is 8.17. The third-order valence-electron chi connectivity index (χ3n) is 3.23. The Balaban J connectivity index is 1.86. The predicted octanol–water partition coefficient (Wildman–Crippen LogP) is 3.95. The summed E-state index contributed by atoms with van der Waals surface area (Å²) in [7, 11) is 1.47. The summed E-state index contributed by atoms with van der Waals surface area (Å²) in [5.74, 6) is 0.153. The number of para-hydroxylation sites is 1. The molecule has 7 heteroatoms. The Morgan fingerprint density at radius 2 is 2.08 bits per heavy atom. The number of phenols is 1. The molecule has 0 aliphatic carbocycles. The SMILES string of the molecule is COc1cc(/C=C2\S/C(=N/c3ccccc3Cl)NC2=O)ccc1O. The number of thioether (sulfide) groups is 1. The molecule has 3 rings (SSSR count). The lowest BCUT2D eigenvalue weighted by Crippen LogP contribution is -2.19. The fourth-order valence-corrected chi connectivity index (χ4v) is 3.08. The predicted molar refractivity (Wildman–Crippen MR) is 96.9 cm³/mol. The number of benzene rings is 2. The summed E-state index contributed by atoms with van der Waals surface area (Å²) in [5, 5.41) is 13.3. The minimum atomic E-state index is -0.238. The minimum Gasteiger partial charge on any atom is -0.504 e. The van der Waals surface area contributed by atoms with Gasteiger partial charge in [0.05, 0.1) is 22.7 Å². The highest BCUT2D eigenvalue weighted by Crippen LogP contribution is 2.32. The summed E-state index contributed by atoms with van der Waals surface area (Å²) < 4.78 is 5.07. The van der Waals surface area contributed by atoms with Crippen LogP contribution in [0.5, 0.6) is 11.5 Å². The van der Waals surface area contributed by atoms with Crippen molar-refractivity contribution < 1.29 is 14.6 Å². The molecule has 2 aromatic rings. The standard InChI is InChI=1S/C17H13ClN2O3S/c1-23-14-8-10(6-7-13(14)21)9-15-16(22)20-17(24-15)19-12-5-3-2-4-11(12)18/h2-9,21H,1H3,(H,19,20,22)/b15-9-. The number of aromatic hydroxyl groups is 1. The quantitative estimate of drug-likeness (QED) is 0.813. The van der Waals surface area contributed by atoms with Gasteiger partial charge in [0.2, 0.25) is 0 Å². The highest BCUT2D eigenvalue weighted by Gasteiger charge is 2.24. The van der Waals surface area contributed by atoms with E-state index in [4.69, 9.17) is 16.3 Å².